The maximum absolute atomic E-state index is 10.8. The lowest BCUT2D eigenvalue weighted by molar-refractivity contribution is -0.114. The molecule has 0 aromatic heterocycles. The third-order valence-electron chi connectivity index (χ3n) is 1.77. The van der Waals surface area contributed by atoms with Crippen LogP contribution in [0.5, 0.6) is 11.5 Å². The Bertz CT molecular complexity index is 399. The van der Waals surface area contributed by atoms with E-state index >= 15 is 0 Å². The molecule has 86 valence electrons. The van der Waals surface area contributed by atoms with E-state index in [1.165, 1.54) is 19.1 Å². The molecular formula is C11H14N2O3. The quantitative estimate of drug-likeness (QED) is 0.465. The van der Waals surface area contributed by atoms with Gasteiger partial charge in [-0.1, -0.05) is 6.58 Å². The molecule has 0 saturated carbocycles. The summed E-state index contributed by atoms with van der Waals surface area (Å²) < 4.78 is 0. The molecule has 1 aromatic carbocycles. The standard InChI is InChI=1S/C11H14N2O3/c1-6(2)12-8-4-11(16)9(5-10(8)15)13-7(3)14/h4-5,12,15-16H,1H2,2-3H3,(H,13,14). The fraction of sp³-hybridized carbons (Fsp3) is 0.182. The van der Waals surface area contributed by atoms with Crippen molar-refractivity contribution >= 4 is 17.3 Å². The van der Waals surface area contributed by atoms with Crippen LogP contribution in [0.3, 0.4) is 0 Å². The predicted molar refractivity (Wildman–Crippen MR) is 62.5 cm³/mol. The fourth-order valence-electron chi connectivity index (χ4n) is 1.20. The van der Waals surface area contributed by atoms with Crippen LogP contribution in [0.25, 0.3) is 0 Å². The van der Waals surface area contributed by atoms with E-state index in [0.29, 0.717) is 11.4 Å². The molecule has 16 heavy (non-hydrogen) atoms. The Balaban J connectivity index is 3.06. The maximum atomic E-state index is 10.8. The van der Waals surface area contributed by atoms with Gasteiger partial charge in [0.05, 0.1) is 11.4 Å². The molecule has 0 bridgehead atoms. The van der Waals surface area contributed by atoms with Gasteiger partial charge < -0.3 is 20.8 Å². The summed E-state index contributed by atoms with van der Waals surface area (Å²) in [6.45, 7) is 6.65. The highest BCUT2D eigenvalue weighted by atomic mass is 16.3. The summed E-state index contributed by atoms with van der Waals surface area (Å²) in [5.41, 5.74) is 1.12. The van der Waals surface area contributed by atoms with Crippen molar-refractivity contribution in [2.75, 3.05) is 10.6 Å². The second-order valence-corrected chi connectivity index (χ2v) is 3.47. The van der Waals surface area contributed by atoms with Gasteiger partial charge in [0.2, 0.25) is 5.91 Å². The molecule has 5 heteroatoms. The summed E-state index contributed by atoms with van der Waals surface area (Å²) in [5.74, 6) is -0.531. The van der Waals surface area contributed by atoms with E-state index in [9.17, 15) is 15.0 Å². The van der Waals surface area contributed by atoms with E-state index in [1.54, 1.807) is 6.92 Å². The largest absolute Gasteiger partial charge is 0.506 e. The summed E-state index contributed by atoms with van der Waals surface area (Å²) in [6.07, 6.45) is 0. The summed E-state index contributed by atoms with van der Waals surface area (Å²) in [4.78, 5) is 10.8. The van der Waals surface area contributed by atoms with E-state index < -0.39 is 0 Å². The molecule has 0 heterocycles. The van der Waals surface area contributed by atoms with Crippen LogP contribution in [0.4, 0.5) is 11.4 Å². The van der Waals surface area contributed by atoms with Gasteiger partial charge in [-0.2, -0.15) is 0 Å². The van der Waals surface area contributed by atoms with Crippen molar-refractivity contribution in [3.63, 3.8) is 0 Å². The maximum Gasteiger partial charge on any atom is 0.221 e. The second kappa shape index (κ2) is 4.57. The van der Waals surface area contributed by atoms with E-state index in [1.807, 2.05) is 0 Å². The monoisotopic (exact) mass is 222 g/mol. The van der Waals surface area contributed by atoms with Crippen LogP contribution in [0.1, 0.15) is 13.8 Å². The van der Waals surface area contributed by atoms with Crippen molar-refractivity contribution in [2.24, 2.45) is 0 Å². The van der Waals surface area contributed by atoms with Gasteiger partial charge in [-0.3, -0.25) is 4.79 Å². The molecule has 4 N–H and O–H groups in total. The first-order valence-electron chi connectivity index (χ1n) is 4.66. The molecule has 1 rings (SSSR count). The van der Waals surface area contributed by atoms with Gasteiger partial charge in [-0.15, -0.1) is 0 Å². The molecule has 0 unspecified atom stereocenters. The number of rotatable bonds is 3. The number of hydrogen-bond acceptors (Lipinski definition) is 4. The SMILES string of the molecule is C=C(C)Nc1cc(O)c(NC(C)=O)cc1O. The van der Waals surface area contributed by atoms with Gasteiger partial charge in [0.15, 0.2) is 0 Å². The zero-order chi connectivity index (χ0) is 12.3. The van der Waals surface area contributed by atoms with Crippen LogP contribution in [0.15, 0.2) is 24.4 Å². The number of anilines is 2. The molecule has 0 fully saturated rings. The van der Waals surface area contributed by atoms with Gasteiger partial charge in [0.1, 0.15) is 11.5 Å². The normalized spacial score (nSPS) is 9.62. The Kier molecular flexibility index (Phi) is 3.40. The molecule has 0 aliphatic rings. The van der Waals surface area contributed by atoms with Gasteiger partial charge in [0, 0.05) is 24.8 Å². The lowest BCUT2D eigenvalue weighted by Gasteiger charge is -2.11. The highest BCUT2D eigenvalue weighted by Gasteiger charge is 2.09. The molecule has 0 aliphatic carbocycles. The first-order valence-corrected chi connectivity index (χ1v) is 4.66. The van der Waals surface area contributed by atoms with Gasteiger partial charge >= 0.3 is 0 Å². The minimum atomic E-state index is -0.324. The molecule has 0 aliphatic heterocycles. The number of carbonyl (C=O) groups excluding carboxylic acids is 1. The van der Waals surface area contributed by atoms with E-state index in [4.69, 9.17) is 0 Å². The summed E-state index contributed by atoms with van der Waals surface area (Å²) in [5, 5.41) is 24.4. The van der Waals surface area contributed by atoms with Crippen molar-refractivity contribution in [3.05, 3.63) is 24.4 Å². The topological polar surface area (TPSA) is 81.6 Å². The van der Waals surface area contributed by atoms with Crippen molar-refractivity contribution in [2.45, 2.75) is 13.8 Å². The Morgan fingerprint density at radius 1 is 1.12 bits per heavy atom. The minimum absolute atomic E-state index is 0.0791. The summed E-state index contributed by atoms with van der Waals surface area (Å²) in [6, 6.07) is 2.58. The Labute approximate surface area is 93.4 Å². The van der Waals surface area contributed by atoms with E-state index in [0.717, 1.165) is 0 Å². The number of allylic oxidation sites excluding steroid dienone is 1. The zero-order valence-electron chi connectivity index (χ0n) is 9.16. The Hall–Kier alpha value is -2.17. The fourth-order valence-corrected chi connectivity index (χ4v) is 1.20. The van der Waals surface area contributed by atoms with Crippen molar-refractivity contribution in [1.82, 2.24) is 0 Å². The van der Waals surface area contributed by atoms with Crippen molar-refractivity contribution in [1.29, 1.82) is 0 Å². The van der Waals surface area contributed by atoms with E-state index in [-0.39, 0.29) is 23.1 Å². The Morgan fingerprint density at radius 2 is 1.56 bits per heavy atom. The molecular weight excluding hydrogens is 208 g/mol. The predicted octanol–water partition coefficient (Wildman–Crippen LogP) is 2.00. The number of hydrogen-bond donors (Lipinski definition) is 4. The summed E-state index contributed by atoms with van der Waals surface area (Å²) >= 11 is 0. The molecule has 0 radical (unpaired) electrons. The first-order chi connectivity index (χ1) is 7.40. The van der Waals surface area contributed by atoms with Crippen molar-refractivity contribution < 1.29 is 15.0 Å². The highest BCUT2D eigenvalue weighted by molar-refractivity contribution is 5.91. The van der Waals surface area contributed by atoms with Gasteiger partial charge in [-0.05, 0) is 6.92 Å². The second-order valence-electron chi connectivity index (χ2n) is 3.47. The number of nitrogens with one attached hydrogen (secondary N) is 2. The smallest absolute Gasteiger partial charge is 0.221 e. The number of benzene rings is 1. The zero-order valence-corrected chi connectivity index (χ0v) is 9.16. The molecule has 1 amide bonds. The number of aromatic hydroxyl groups is 2. The average molecular weight is 222 g/mol. The molecule has 0 spiro atoms. The summed E-state index contributed by atoms with van der Waals surface area (Å²) in [7, 11) is 0. The minimum Gasteiger partial charge on any atom is -0.506 e. The van der Waals surface area contributed by atoms with E-state index in [2.05, 4.69) is 17.2 Å². The van der Waals surface area contributed by atoms with Gasteiger partial charge in [0.25, 0.3) is 0 Å². The third-order valence-corrected chi connectivity index (χ3v) is 1.77. The molecule has 0 saturated heterocycles. The Morgan fingerprint density at radius 3 is 1.94 bits per heavy atom. The first kappa shape index (κ1) is 11.9. The number of phenols is 2. The molecule has 0 atom stereocenters. The van der Waals surface area contributed by atoms with Crippen LogP contribution in [-0.4, -0.2) is 16.1 Å². The van der Waals surface area contributed by atoms with Gasteiger partial charge in [-0.25, -0.2) is 0 Å². The number of phenolic OH excluding ortho intramolecular Hbond substituents is 2. The van der Waals surface area contributed by atoms with Crippen LogP contribution in [0, 0.1) is 0 Å². The lowest BCUT2D eigenvalue weighted by atomic mass is 10.2. The lowest BCUT2D eigenvalue weighted by Crippen LogP contribution is -2.06. The average Bonchev–Trinajstić information content (AvgIpc) is 2.11. The van der Waals surface area contributed by atoms with Crippen LogP contribution >= 0.6 is 0 Å². The third kappa shape index (κ3) is 2.91. The molecule has 5 nitrogen and oxygen atoms in total. The van der Waals surface area contributed by atoms with Crippen molar-refractivity contribution in [3.8, 4) is 11.5 Å². The number of carbonyl (C=O) groups is 1. The molecule has 1 aromatic rings. The van der Waals surface area contributed by atoms with Crippen LogP contribution in [-0.2, 0) is 4.79 Å². The number of amides is 1. The highest BCUT2D eigenvalue weighted by Crippen LogP contribution is 2.35. The van der Waals surface area contributed by atoms with Crippen LogP contribution in [0.2, 0.25) is 0 Å². The van der Waals surface area contributed by atoms with Crippen LogP contribution < -0.4 is 10.6 Å².